The number of benzene rings is 2. The minimum absolute atomic E-state index is 0.177. The Bertz CT molecular complexity index is 657. The second kappa shape index (κ2) is 6.65. The fraction of sp³-hybridized carbons (Fsp3) is 0.125. The Balaban J connectivity index is 1.91. The van der Waals surface area contributed by atoms with Gasteiger partial charge in [0.1, 0.15) is 5.82 Å². The van der Waals surface area contributed by atoms with E-state index >= 15 is 0 Å². The van der Waals surface area contributed by atoms with Crippen molar-refractivity contribution in [2.75, 3.05) is 11.9 Å². The Labute approximate surface area is 122 Å². The van der Waals surface area contributed by atoms with E-state index in [0.29, 0.717) is 16.8 Å². The first-order chi connectivity index (χ1) is 10.1. The van der Waals surface area contributed by atoms with Crippen LogP contribution in [-0.2, 0) is 4.79 Å². The first-order valence-corrected chi connectivity index (χ1v) is 6.46. The third kappa shape index (κ3) is 3.89. The molecule has 2 aromatic rings. The molecule has 21 heavy (non-hydrogen) atoms. The lowest BCUT2D eigenvalue weighted by atomic mass is 10.2. The van der Waals surface area contributed by atoms with E-state index in [1.165, 1.54) is 12.1 Å². The van der Waals surface area contributed by atoms with Gasteiger partial charge in [-0.25, -0.2) is 4.39 Å². The molecule has 0 heterocycles. The Hall–Kier alpha value is -2.69. The average Bonchev–Trinajstić information content (AvgIpc) is 2.50. The molecule has 0 fully saturated rings. The van der Waals surface area contributed by atoms with Gasteiger partial charge in [0.05, 0.1) is 6.54 Å². The molecule has 2 aromatic carbocycles. The van der Waals surface area contributed by atoms with E-state index in [-0.39, 0.29) is 18.3 Å². The summed E-state index contributed by atoms with van der Waals surface area (Å²) in [5.74, 6) is -1.13. The number of carbonyl (C=O) groups excluding carboxylic acids is 2. The van der Waals surface area contributed by atoms with Crippen molar-refractivity contribution in [1.82, 2.24) is 5.32 Å². The Morgan fingerprint density at radius 1 is 1.05 bits per heavy atom. The van der Waals surface area contributed by atoms with E-state index in [1.807, 2.05) is 0 Å². The van der Waals surface area contributed by atoms with Crippen molar-refractivity contribution in [1.29, 1.82) is 0 Å². The van der Waals surface area contributed by atoms with Crippen molar-refractivity contribution >= 4 is 17.5 Å². The van der Waals surface area contributed by atoms with Crippen LogP contribution in [0.1, 0.15) is 15.9 Å². The van der Waals surface area contributed by atoms with Crippen LogP contribution in [0, 0.1) is 12.7 Å². The summed E-state index contributed by atoms with van der Waals surface area (Å²) in [6.07, 6.45) is 0. The quantitative estimate of drug-likeness (QED) is 0.907. The fourth-order valence-electron chi connectivity index (χ4n) is 1.79. The summed E-state index contributed by atoms with van der Waals surface area (Å²) >= 11 is 0. The third-order valence-corrected chi connectivity index (χ3v) is 2.99. The molecule has 0 radical (unpaired) electrons. The number of anilines is 1. The smallest absolute Gasteiger partial charge is 0.251 e. The van der Waals surface area contributed by atoms with Gasteiger partial charge < -0.3 is 10.6 Å². The summed E-state index contributed by atoms with van der Waals surface area (Å²) in [5, 5.41) is 5.07. The molecule has 0 aliphatic rings. The molecule has 0 bridgehead atoms. The van der Waals surface area contributed by atoms with Gasteiger partial charge in [-0.05, 0) is 31.2 Å². The fourth-order valence-corrected chi connectivity index (χ4v) is 1.79. The van der Waals surface area contributed by atoms with Crippen LogP contribution in [0.2, 0.25) is 0 Å². The second-order valence-corrected chi connectivity index (χ2v) is 4.51. The number of hydrogen-bond donors (Lipinski definition) is 2. The molecule has 0 aliphatic carbocycles. The Morgan fingerprint density at radius 2 is 1.76 bits per heavy atom. The van der Waals surface area contributed by atoms with Crippen LogP contribution in [0.25, 0.3) is 0 Å². The van der Waals surface area contributed by atoms with E-state index in [2.05, 4.69) is 10.6 Å². The molecule has 0 unspecified atom stereocenters. The van der Waals surface area contributed by atoms with Gasteiger partial charge in [-0.1, -0.05) is 24.3 Å². The number of amides is 2. The van der Waals surface area contributed by atoms with E-state index in [1.54, 1.807) is 43.3 Å². The third-order valence-electron chi connectivity index (χ3n) is 2.99. The van der Waals surface area contributed by atoms with Gasteiger partial charge in [0.15, 0.2) is 0 Å². The van der Waals surface area contributed by atoms with Gasteiger partial charge in [0, 0.05) is 16.8 Å². The molecule has 0 aliphatic heterocycles. The molecule has 0 atom stereocenters. The molecule has 0 aromatic heterocycles. The maximum absolute atomic E-state index is 13.3. The monoisotopic (exact) mass is 286 g/mol. The average molecular weight is 286 g/mol. The highest BCUT2D eigenvalue weighted by atomic mass is 19.1. The predicted molar refractivity (Wildman–Crippen MR) is 78.5 cm³/mol. The van der Waals surface area contributed by atoms with Crippen LogP contribution in [0.3, 0.4) is 0 Å². The maximum Gasteiger partial charge on any atom is 0.251 e. The normalized spacial score (nSPS) is 10.0. The van der Waals surface area contributed by atoms with Crippen molar-refractivity contribution in [2.24, 2.45) is 0 Å². The number of nitrogens with one attached hydrogen (secondary N) is 2. The molecular formula is C16H15FN2O2. The molecule has 2 N–H and O–H groups in total. The topological polar surface area (TPSA) is 58.2 Å². The summed E-state index contributed by atoms with van der Waals surface area (Å²) in [6, 6.07) is 13.0. The number of halogens is 1. The minimum Gasteiger partial charge on any atom is -0.343 e. The van der Waals surface area contributed by atoms with Crippen molar-refractivity contribution in [3.63, 3.8) is 0 Å². The van der Waals surface area contributed by atoms with Gasteiger partial charge in [-0.15, -0.1) is 0 Å². The molecule has 5 heteroatoms. The second-order valence-electron chi connectivity index (χ2n) is 4.51. The summed E-state index contributed by atoms with van der Waals surface area (Å²) in [6.45, 7) is 1.40. The zero-order chi connectivity index (χ0) is 15.2. The van der Waals surface area contributed by atoms with Crippen LogP contribution in [0.15, 0.2) is 48.5 Å². The van der Waals surface area contributed by atoms with Crippen molar-refractivity contribution in [3.8, 4) is 0 Å². The molecule has 2 amide bonds. The van der Waals surface area contributed by atoms with Crippen molar-refractivity contribution < 1.29 is 14.0 Å². The van der Waals surface area contributed by atoms with Crippen molar-refractivity contribution in [3.05, 3.63) is 65.5 Å². The van der Waals surface area contributed by atoms with Crippen LogP contribution >= 0.6 is 0 Å². The van der Waals surface area contributed by atoms with E-state index in [0.717, 1.165) is 0 Å². The molecule has 0 saturated carbocycles. The summed E-state index contributed by atoms with van der Waals surface area (Å²) in [5.41, 5.74) is 1.24. The highest BCUT2D eigenvalue weighted by Crippen LogP contribution is 2.16. The minimum atomic E-state index is -0.409. The molecule has 4 nitrogen and oxygen atoms in total. The lowest BCUT2D eigenvalue weighted by molar-refractivity contribution is -0.115. The van der Waals surface area contributed by atoms with E-state index in [9.17, 15) is 14.0 Å². The summed E-state index contributed by atoms with van der Waals surface area (Å²) < 4.78 is 13.3. The Morgan fingerprint density at radius 3 is 2.48 bits per heavy atom. The number of hydrogen-bond acceptors (Lipinski definition) is 2. The number of rotatable bonds is 4. The van der Waals surface area contributed by atoms with Crippen LogP contribution < -0.4 is 10.6 Å². The van der Waals surface area contributed by atoms with Gasteiger partial charge in [-0.2, -0.15) is 0 Å². The van der Waals surface area contributed by atoms with Crippen molar-refractivity contribution in [2.45, 2.75) is 6.92 Å². The molecular weight excluding hydrogens is 271 g/mol. The first-order valence-electron chi connectivity index (χ1n) is 6.46. The lowest BCUT2D eigenvalue weighted by Gasteiger charge is -2.09. The molecule has 0 spiro atoms. The van der Waals surface area contributed by atoms with Gasteiger partial charge in [0.2, 0.25) is 5.91 Å². The first kappa shape index (κ1) is 14.7. The maximum atomic E-state index is 13.3. The van der Waals surface area contributed by atoms with Crippen LogP contribution in [-0.4, -0.2) is 18.4 Å². The SMILES string of the molecule is Cc1c(F)cccc1NC(=O)CNC(=O)c1ccccc1. The molecule has 0 saturated heterocycles. The van der Waals surface area contributed by atoms with E-state index in [4.69, 9.17) is 0 Å². The highest BCUT2D eigenvalue weighted by Gasteiger charge is 2.10. The highest BCUT2D eigenvalue weighted by molar-refractivity contribution is 5.99. The number of carbonyl (C=O) groups is 2. The molecule has 2 rings (SSSR count). The Kier molecular flexibility index (Phi) is 4.66. The van der Waals surface area contributed by atoms with E-state index < -0.39 is 5.91 Å². The molecule has 108 valence electrons. The summed E-state index contributed by atoms with van der Waals surface area (Å²) in [4.78, 5) is 23.5. The van der Waals surface area contributed by atoms with Crippen LogP contribution in [0.5, 0.6) is 0 Å². The summed E-state index contributed by atoms with van der Waals surface area (Å²) in [7, 11) is 0. The van der Waals surface area contributed by atoms with Gasteiger partial charge in [-0.3, -0.25) is 9.59 Å². The zero-order valence-corrected chi connectivity index (χ0v) is 11.5. The standard InChI is InChI=1S/C16H15FN2O2/c1-11-13(17)8-5-9-14(11)19-15(20)10-18-16(21)12-6-3-2-4-7-12/h2-9H,10H2,1H3,(H,18,21)(H,19,20). The van der Waals surface area contributed by atoms with Gasteiger partial charge in [0.25, 0.3) is 5.91 Å². The van der Waals surface area contributed by atoms with Crippen LogP contribution in [0.4, 0.5) is 10.1 Å². The zero-order valence-electron chi connectivity index (χ0n) is 11.5. The predicted octanol–water partition coefficient (Wildman–Crippen LogP) is 2.50. The van der Waals surface area contributed by atoms with Gasteiger partial charge >= 0.3 is 0 Å². The lowest BCUT2D eigenvalue weighted by Crippen LogP contribution is -2.33. The largest absolute Gasteiger partial charge is 0.343 e.